The second-order valence-corrected chi connectivity index (χ2v) is 16.6. The van der Waals surface area contributed by atoms with E-state index in [0.717, 1.165) is 44.1 Å². The van der Waals surface area contributed by atoms with Crippen LogP contribution in [0.4, 0.5) is 0 Å². The summed E-state index contributed by atoms with van der Waals surface area (Å²) < 4.78 is 35.4. The molecule has 0 aromatic carbocycles. The number of ether oxygens (including phenoxy) is 6. The Kier molecular flexibility index (Phi) is 9.60. The Balaban J connectivity index is 0.994. The average molecular weight is 697 g/mol. The first-order chi connectivity index (χ1) is 23.2. The zero-order valence-corrected chi connectivity index (χ0v) is 29.1. The SMILES string of the molecule is CO[C@@H]1C[C@H](O[C@@H]2CC[C@]3(C)[C@@H]4CC[C@]5(C)[C@@H](C6=CC(=O)OC6)CC[C@@]5(O)[C@H]4CC[C@]3(O)C2)O[C@H](C)[C@H]1O[C@H]1O[C@@H](CO)[C@H](O)[C@@H](O)[C@@H]1O. The van der Waals surface area contributed by atoms with Crippen molar-refractivity contribution >= 4 is 5.97 Å². The van der Waals surface area contributed by atoms with Gasteiger partial charge >= 0.3 is 5.97 Å². The van der Waals surface area contributed by atoms with Crippen LogP contribution in [0.5, 0.6) is 0 Å². The first-order valence-electron chi connectivity index (χ1n) is 18.3. The molecule has 0 radical (unpaired) electrons. The second kappa shape index (κ2) is 13.0. The van der Waals surface area contributed by atoms with Crippen LogP contribution in [0.25, 0.3) is 0 Å². The lowest BCUT2D eigenvalue weighted by Gasteiger charge is -2.66. The van der Waals surface area contributed by atoms with Gasteiger partial charge in [-0.15, -0.1) is 0 Å². The number of methoxy groups -OCH3 is 1. The summed E-state index contributed by atoms with van der Waals surface area (Å²) in [7, 11) is 1.55. The third-order valence-electron chi connectivity index (χ3n) is 14.5. The van der Waals surface area contributed by atoms with Gasteiger partial charge in [0.05, 0.1) is 36.1 Å². The summed E-state index contributed by atoms with van der Waals surface area (Å²) >= 11 is 0. The van der Waals surface area contributed by atoms with E-state index >= 15 is 0 Å². The molecule has 0 amide bonds. The Labute approximate surface area is 287 Å². The standard InChI is InChI=1S/C36H56O13/c1-18-31(49-32-30(41)29(40)28(39)25(16-37)48-32)24(44-4)14-27(46-18)47-20-5-9-33(2)22-6-10-34(3)21(19-13-26(38)45-17-19)8-12-36(34,43)23(22)7-11-35(33,42)15-20/h13,18,20-25,27-32,37,39-43H,5-12,14-17H2,1-4H3/t18-,20-,21-,22-,23+,24-,25+,27+,28+,29-,30+,31-,32-,33-,34-,35+,36-/m1/s1. The maximum Gasteiger partial charge on any atom is 0.331 e. The zero-order valence-electron chi connectivity index (χ0n) is 29.1. The summed E-state index contributed by atoms with van der Waals surface area (Å²) in [5, 5.41) is 65.4. The number of rotatable bonds is 7. The molecule has 278 valence electrons. The third kappa shape index (κ3) is 5.65. The van der Waals surface area contributed by atoms with Gasteiger partial charge < -0.3 is 59.1 Å². The predicted molar refractivity (Wildman–Crippen MR) is 170 cm³/mol. The van der Waals surface area contributed by atoms with Gasteiger partial charge in [0.2, 0.25) is 0 Å². The third-order valence-corrected chi connectivity index (χ3v) is 14.5. The molecule has 0 bridgehead atoms. The topological polar surface area (TPSA) is 194 Å². The smallest absolute Gasteiger partial charge is 0.331 e. The minimum atomic E-state index is -1.56. The fourth-order valence-corrected chi connectivity index (χ4v) is 11.5. The molecule has 3 aliphatic heterocycles. The minimum absolute atomic E-state index is 0.0724. The number of fused-ring (bicyclic) bond motifs is 5. The highest BCUT2D eigenvalue weighted by Crippen LogP contribution is 2.70. The van der Waals surface area contributed by atoms with E-state index in [9.17, 15) is 35.4 Å². The summed E-state index contributed by atoms with van der Waals surface area (Å²) in [5.74, 6) is 0.0783. The van der Waals surface area contributed by atoms with E-state index in [-0.39, 0.29) is 40.7 Å². The normalized spacial score (nSPS) is 54.4. The van der Waals surface area contributed by atoms with E-state index in [1.807, 2.05) is 0 Å². The van der Waals surface area contributed by atoms with Crippen LogP contribution < -0.4 is 0 Å². The predicted octanol–water partition coefficient (Wildman–Crippen LogP) is 1.08. The van der Waals surface area contributed by atoms with Gasteiger partial charge in [-0.1, -0.05) is 13.8 Å². The van der Waals surface area contributed by atoms with Crippen LogP contribution in [-0.2, 0) is 33.2 Å². The van der Waals surface area contributed by atoms with Crippen molar-refractivity contribution in [2.45, 2.75) is 158 Å². The molecule has 6 N–H and O–H groups in total. The van der Waals surface area contributed by atoms with Crippen molar-refractivity contribution in [1.29, 1.82) is 0 Å². The zero-order chi connectivity index (χ0) is 35.1. The molecule has 13 heteroatoms. The maximum absolute atomic E-state index is 12.5. The summed E-state index contributed by atoms with van der Waals surface area (Å²) in [6, 6.07) is 0. The van der Waals surface area contributed by atoms with Gasteiger partial charge in [0.1, 0.15) is 37.1 Å². The summed E-state index contributed by atoms with van der Waals surface area (Å²) in [4.78, 5) is 11.9. The Morgan fingerprint density at radius 3 is 2.33 bits per heavy atom. The first kappa shape index (κ1) is 36.1. The number of cyclic esters (lactones) is 1. The van der Waals surface area contributed by atoms with Crippen LogP contribution in [-0.4, -0.2) is 130 Å². The van der Waals surface area contributed by atoms with Crippen LogP contribution in [0.1, 0.15) is 85.0 Å². The lowest BCUT2D eigenvalue weighted by atomic mass is 9.42. The number of aliphatic hydroxyl groups excluding tert-OH is 4. The minimum Gasteiger partial charge on any atom is -0.458 e. The van der Waals surface area contributed by atoms with Gasteiger partial charge in [-0.2, -0.15) is 0 Å². The Bertz CT molecular complexity index is 1280. The molecule has 0 unspecified atom stereocenters. The highest BCUT2D eigenvalue weighted by Gasteiger charge is 2.70. The molecule has 7 aliphatic rings. The van der Waals surface area contributed by atoms with Crippen molar-refractivity contribution in [3.63, 3.8) is 0 Å². The van der Waals surface area contributed by atoms with Gasteiger partial charge in [0.15, 0.2) is 12.6 Å². The molecule has 17 atom stereocenters. The number of hydrogen-bond acceptors (Lipinski definition) is 13. The van der Waals surface area contributed by atoms with Crippen LogP contribution in [0.2, 0.25) is 0 Å². The van der Waals surface area contributed by atoms with E-state index in [4.69, 9.17) is 28.4 Å². The molecular formula is C36H56O13. The van der Waals surface area contributed by atoms with Gasteiger partial charge in [-0.25, -0.2) is 4.79 Å². The van der Waals surface area contributed by atoms with Crippen molar-refractivity contribution in [3.05, 3.63) is 11.6 Å². The fraction of sp³-hybridized carbons (Fsp3) is 0.917. The quantitative estimate of drug-likeness (QED) is 0.164. The molecule has 13 nitrogen and oxygen atoms in total. The summed E-state index contributed by atoms with van der Waals surface area (Å²) in [5.41, 5.74) is -1.52. The van der Waals surface area contributed by atoms with Crippen molar-refractivity contribution in [1.82, 2.24) is 0 Å². The van der Waals surface area contributed by atoms with Crippen molar-refractivity contribution in [2.24, 2.45) is 28.6 Å². The summed E-state index contributed by atoms with van der Waals surface area (Å²) in [6.07, 6.45) is -1.10. The van der Waals surface area contributed by atoms with Crippen LogP contribution in [0.3, 0.4) is 0 Å². The Hall–Kier alpha value is -1.23. The lowest BCUT2D eigenvalue weighted by molar-refractivity contribution is -0.347. The second-order valence-electron chi connectivity index (χ2n) is 16.6. The largest absolute Gasteiger partial charge is 0.458 e. The molecule has 4 saturated carbocycles. The van der Waals surface area contributed by atoms with E-state index in [1.165, 1.54) is 0 Å². The molecule has 3 heterocycles. The first-order valence-corrected chi connectivity index (χ1v) is 18.3. The molecule has 0 aromatic heterocycles. The monoisotopic (exact) mass is 696 g/mol. The van der Waals surface area contributed by atoms with Gasteiger partial charge in [-0.05, 0) is 87.0 Å². The molecule has 0 spiro atoms. The fourth-order valence-electron chi connectivity index (χ4n) is 11.5. The highest BCUT2D eigenvalue weighted by molar-refractivity contribution is 5.85. The van der Waals surface area contributed by atoms with E-state index in [1.54, 1.807) is 20.1 Å². The van der Waals surface area contributed by atoms with Crippen LogP contribution in [0.15, 0.2) is 11.6 Å². The van der Waals surface area contributed by atoms with Gasteiger partial charge in [0, 0.05) is 31.4 Å². The van der Waals surface area contributed by atoms with E-state index in [2.05, 4.69) is 13.8 Å². The van der Waals surface area contributed by atoms with Gasteiger partial charge in [-0.3, -0.25) is 0 Å². The van der Waals surface area contributed by atoms with E-state index < -0.39 is 73.1 Å². The number of carbonyl (C=O) groups excluding carboxylic acids is 1. The molecule has 7 rings (SSSR count). The maximum atomic E-state index is 12.5. The molecule has 0 aromatic rings. The van der Waals surface area contributed by atoms with Crippen LogP contribution in [0, 0.1) is 28.6 Å². The number of hydrogen-bond donors (Lipinski definition) is 6. The van der Waals surface area contributed by atoms with Crippen LogP contribution >= 0.6 is 0 Å². The molecule has 6 fully saturated rings. The molecule has 4 aliphatic carbocycles. The lowest BCUT2D eigenvalue weighted by Crippen LogP contribution is -2.67. The number of esters is 1. The highest BCUT2D eigenvalue weighted by atomic mass is 16.7. The van der Waals surface area contributed by atoms with Crippen molar-refractivity contribution < 1.29 is 63.9 Å². The molecule has 49 heavy (non-hydrogen) atoms. The molecule has 2 saturated heterocycles. The Morgan fingerprint density at radius 1 is 0.898 bits per heavy atom. The van der Waals surface area contributed by atoms with E-state index in [0.29, 0.717) is 32.3 Å². The van der Waals surface area contributed by atoms with Crippen molar-refractivity contribution in [2.75, 3.05) is 20.3 Å². The van der Waals surface area contributed by atoms with Crippen molar-refractivity contribution in [3.8, 4) is 0 Å². The molecular weight excluding hydrogens is 640 g/mol. The number of carbonyl (C=O) groups is 1. The van der Waals surface area contributed by atoms with Gasteiger partial charge in [0.25, 0.3) is 0 Å². The average Bonchev–Trinajstić information content (AvgIpc) is 3.61. The number of aliphatic hydroxyl groups is 6. The summed E-state index contributed by atoms with van der Waals surface area (Å²) in [6.45, 7) is 5.98. The Morgan fingerprint density at radius 2 is 1.63 bits per heavy atom.